The summed E-state index contributed by atoms with van der Waals surface area (Å²) in [7, 11) is 1.73. The summed E-state index contributed by atoms with van der Waals surface area (Å²) in [6, 6.07) is 15.9. The van der Waals surface area contributed by atoms with Crippen molar-refractivity contribution in [2.45, 2.75) is 44.3 Å². The van der Waals surface area contributed by atoms with Gasteiger partial charge in [-0.2, -0.15) is 0 Å². The van der Waals surface area contributed by atoms with E-state index in [4.69, 9.17) is 4.74 Å². The molecule has 124 valence electrons. The zero-order valence-electron chi connectivity index (χ0n) is 14.2. The van der Waals surface area contributed by atoms with E-state index in [0.29, 0.717) is 12.1 Å². The fraction of sp³-hybridized carbons (Fsp3) is 0.381. The van der Waals surface area contributed by atoms with E-state index >= 15 is 0 Å². The predicted molar refractivity (Wildman–Crippen MR) is 96.8 cm³/mol. The highest BCUT2D eigenvalue weighted by Crippen LogP contribution is 2.39. The molecule has 1 saturated heterocycles. The summed E-state index contributed by atoms with van der Waals surface area (Å²) in [4.78, 5) is 7.28. The lowest BCUT2D eigenvalue weighted by atomic mass is 9.83. The molecule has 0 amide bonds. The van der Waals surface area contributed by atoms with E-state index in [-0.39, 0.29) is 0 Å². The maximum atomic E-state index is 5.53. The second-order valence-corrected chi connectivity index (χ2v) is 6.76. The van der Waals surface area contributed by atoms with Crippen molar-refractivity contribution >= 4 is 5.57 Å². The molecule has 1 aromatic heterocycles. The van der Waals surface area contributed by atoms with E-state index < -0.39 is 0 Å². The third-order valence-electron chi connectivity index (χ3n) is 5.28. The number of hydrogen-bond acceptors (Lipinski definition) is 3. The van der Waals surface area contributed by atoms with Gasteiger partial charge < -0.3 is 4.74 Å². The van der Waals surface area contributed by atoms with Crippen LogP contribution in [-0.4, -0.2) is 29.1 Å². The molecule has 0 aliphatic carbocycles. The van der Waals surface area contributed by atoms with Gasteiger partial charge >= 0.3 is 0 Å². The summed E-state index contributed by atoms with van der Waals surface area (Å²) in [5, 5.41) is 0. The van der Waals surface area contributed by atoms with Gasteiger partial charge in [0.1, 0.15) is 11.4 Å². The lowest BCUT2D eigenvalue weighted by Gasteiger charge is -2.45. The molecule has 3 heteroatoms. The third-order valence-corrected chi connectivity index (χ3v) is 5.28. The average Bonchev–Trinajstić information content (AvgIpc) is 2.62. The van der Waals surface area contributed by atoms with Crippen LogP contribution in [0.15, 0.2) is 54.7 Å². The van der Waals surface area contributed by atoms with Gasteiger partial charge in [0, 0.05) is 24.8 Å². The third kappa shape index (κ3) is 2.96. The first kappa shape index (κ1) is 15.4. The minimum atomic E-state index is 0.513. The standard InChI is InChI=1S/C21H24N2O/c1-24-20-11-6-12-22-21(20)17-13-18-9-5-10-19(14-17)23(18)15-16-7-3-2-4-8-16/h2-4,6-8,11-13,18-19H,5,9-10,14-15H2,1H3. The molecule has 1 aromatic carbocycles. The summed E-state index contributed by atoms with van der Waals surface area (Å²) in [6.45, 7) is 1.04. The molecule has 2 bridgehead atoms. The minimum Gasteiger partial charge on any atom is -0.494 e. The van der Waals surface area contributed by atoms with E-state index in [2.05, 4.69) is 46.3 Å². The van der Waals surface area contributed by atoms with Gasteiger partial charge in [-0.1, -0.05) is 42.8 Å². The molecule has 2 unspecified atom stereocenters. The summed E-state index contributed by atoms with van der Waals surface area (Å²) in [6.07, 6.45) is 9.20. The lowest BCUT2D eigenvalue weighted by molar-refractivity contribution is 0.0950. The summed E-state index contributed by atoms with van der Waals surface area (Å²) >= 11 is 0. The maximum Gasteiger partial charge on any atom is 0.144 e. The number of nitrogens with zero attached hydrogens (tertiary/aromatic N) is 2. The molecule has 0 N–H and O–H groups in total. The molecular formula is C21H24N2O. The van der Waals surface area contributed by atoms with Gasteiger partial charge in [-0.3, -0.25) is 9.88 Å². The molecule has 24 heavy (non-hydrogen) atoms. The first-order valence-corrected chi connectivity index (χ1v) is 8.85. The number of piperidine rings is 1. The molecule has 2 aliphatic rings. The topological polar surface area (TPSA) is 25.4 Å². The Labute approximate surface area is 144 Å². The van der Waals surface area contributed by atoms with Crippen molar-refractivity contribution in [1.82, 2.24) is 9.88 Å². The van der Waals surface area contributed by atoms with Crippen molar-refractivity contribution in [1.29, 1.82) is 0 Å². The second-order valence-electron chi connectivity index (χ2n) is 6.76. The number of benzene rings is 1. The average molecular weight is 320 g/mol. The molecule has 0 saturated carbocycles. The van der Waals surface area contributed by atoms with Crippen LogP contribution in [0.25, 0.3) is 5.57 Å². The highest BCUT2D eigenvalue weighted by atomic mass is 16.5. The van der Waals surface area contributed by atoms with Gasteiger partial charge in [0.05, 0.1) is 7.11 Å². The first-order chi connectivity index (χ1) is 11.8. The molecule has 2 aliphatic heterocycles. The van der Waals surface area contributed by atoms with Crippen LogP contribution in [0.3, 0.4) is 0 Å². The van der Waals surface area contributed by atoms with Gasteiger partial charge in [0.15, 0.2) is 0 Å². The van der Waals surface area contributed by atoms with Gasteiger partial charge in [-0.25, -0.2) is 0 Å². The highest BCUT2D eigenvalue weighted by Gasteiger charge is 2.34. The van der Waals surface area contributed by atoms with E-state index in [0.717, 1.165) is 24.4 Å². The Morgan fingerprint density at radius 1 is 1.12 bits per heavy atom. The maximum absolute atomic E-state index is 5.53. The second kappa shape index (κ2) is 6.78. The Balaban J connectivity index is 1.62. The monoisotopic (exact) mass is 320 g/mol. The number of rotatable bonds is 4. The van der Waals surface area contributed by atoms with Crippen LogP contribution in [0.1, 0.15) is 36.9 Å². The van der Waals surface area contributed by atoms with Crippen molar-refractivity contribution < 1.29 is 4.74 Å². The van der Waals surface area contributed by atoms with Crippen LogP contribution in [0, 0.1) is 0 Å². The lowest BCUT2D eigenvalue weighted by Crippen LogP contribution is -2.47. The molecule has 0 radical (unpaired) electrons. The van der Waals surface area contributed by atoms with Gasteiger partial charge in [-0.05, 0) is 42.5 Å². The number of ether oxygens (including phenoxy) is 1. The molecular weight excluding hydrogens is 296 g/mol. The van der Waals surface area contributed by atoms with E-state index in [1.54, 1.807) is 7.11 Å². The fourth-order valence-electron chi connectivity index (χ4n) is 4.13. The molecule has 3 heterocycles. The highest BCUT2D eigenvalue weighted by molar-refractivity contribution is 5.69. The minimum absolute atomic E-state index is 0.513. The van der Waals surface area contributed by atoms with Crippen molar-refractivity contribution in [3.05, 3.63) is 66.0 Å². The van der Waals surface area contributed by atoms with E-state index in [1.165, 1.54) is 30.4 Å². The molecule has 3 nitrogen and oxygen atoms in total. The molecule has 1 fully saturated rings. The summed E-state index contributed by atoms with van der Waals surface area (Å²) in [5.74, 6) is 0.887. The Hall–Kier alpha value is -2.13. The molecule has 2 atom stereocenters. The summed E-state index contributed by atoms with van der Waals surface area (Å²) < 4.78 is 5.53. The molecule has 0 spiro atoms. The smallest absolute Gasteiger partial charge is 0.144 e. The largest absolute Gasteiger partial charge is 0.494 e. The summed E-state index contributed by atoms with van der Waals surface area (Å²) in [5.41, 5.74) is 3.78. The van der Waals surface area contributed by atoms with Crippen LogP contribution in [0.4, 0.5) is 0 Å². The van der Waals surface area contributed by atoms with E-state index in [9.17, 15) is 0 Å². The van der Waals surface area contributed by atoms with Crippen molar-refractivity contribution in [3.63, 3.8) is 0 Å². The Morgan fingerprint density at radius 2 is 2.00 bits per heavy atom. The number of fused-ring (bicyclic) bond motifs is 2. The zero-order valence-corrected chi connectivity index (χ0v) is 14.2. The molecule has 2 aromatic rings. The van der Waals surface area contributed by atoms with Crippen LogP contribution < -0.4 is 4.74 Å². The van der Waals surface area contributed by atoms with Crippen LogP contribution >= 0.6 is 0 Å². The van der Waals surface area contributed by atoms with Crippen LogP contribution in [-0.2, 0) is 6.54 Å². The zero-order chi connectivity index (χ0) is 16.4. The van der Waals surface area contributed by atoms with Crippen molar-refractivity contribution in [2.24, 2.45) is 0 Å². The fourth-order valence-corrected chi connectivity index (χ4v) is 4.13. The Bertz CT molecular complexity index is 726. The number of aromatic nitrogens is 1. The Morgan fingerprint density at radius 3 is 2.79 bits per heavy atom. The normalized spacial score (nSPS) is 23.6. The SMILES string of the molecule is COc1cccnc1C1=CC2CCCC(C1)N2Cc1ccccc1. The van der Waals surface area contributed by atoms with Crippen LogP contribution in [0.2, 0.25) is 0 Å². The number of hydrogen-bond donors (Lipinski definition) is 0. The van der Waals surface area contributed by atoms with Crippen LogP contribution in [0.5, 0.6) is 5.75 Å². The van der Waals surface area contributed by atoms with Gasteiger partial charge in [-0.15, -0.1) is 0 Å². The first-order valence-electron chi connectivity index (χ1n) is 8.85. The Kier molecular flexibility index (Phi) is 4.35. The molecule has 4 rings (SSSR count). The van der Waals surface area contributed by atoms with Crippen molar-refractivity contribution in [3.8, 4) is 5.75 Å². The van der Waals surface area contributed by atoms with Gasteiger partial charge in [0.2, 0.25) is 0 Å². The number of methoxy groups -OCH3 is 1. The van der Waals surface area contributed by atoms with E-state index in [1.807, 2.05) is 18.3 Å². The van der Waals surface area contributed by atoms with Crippen molar-refractivity contribution in [2.75, 3.05) is 7.11 Å². The number of pyridine rings is 1. The predicted octanol–water partition coefficient (Wildman–Crippen LogP) is 4.30. The quantitative estimate of drug-likeness (QED) is 0.840. The van der Waals surface area contributed by atoms with Gasteiger partial charge in [0.25, 0.3) is 0 Å².